The lowest BCUT2D eigenvalue weighted by Gasteiger charge is -2.39. The lowest BCUT2D eigenvalue weighted by Crippen LogP contribution is -2.43. The van der Waals surface area contributed by atoms with Crippen LogP contribution in [0.3, 0.4) is 0 Å². The van der Waals surface area contributed by atoms with Crippen molar-refractivity contribution < 1.29 is 9.84 Å². The maximum Gasteiger partial charge on any atom is 0.107 e. The zero-order chi connectivity index (χ0) is 12.5. The average Bonchev–Trinajstić information content (AvgIpc) is 2.69. The van der Waals surface area contributed by atoms with Crippen LogP contribution in [0.2, 0.25) is 4.34 Å². The molecular formula is C11H15BrClNO2S. The quantitative estimate of drug-likeness (QED) is 0.889. The first-order chi connectivity index (χ1) is 8.09. The Morgan fingerprint density at radius 2 is 2.47 bits per heavy atom. The molecule has 6 heteroatoms. The molecule has 0 spiro atoms. The molecule has 0 radical (unpaired) electrons. The number of halogens is 2. The minimum absolute atomic E-state index is 0.369. The van der Waals surface area contributed by atoms with Crippen molar-refractivity contribution in [1.29, 1.82) is 0 Å². The highest BCUT2D eigenvalue weighted by atomic mass is 79.9. The van der Waals surface area contributed by atoms with Gasteiger partial charge in [-0.05, 0) is 34.8 Å². The van der Waals surface area contributed by atoms with Crippen LogP contribution < -0.4 is 5.73 Å². The summed E-state index contributed by atoms with van der Waals surface area (Å²) in [6.45, 7) is 1.68. The lowest BCUT2D eigenvalue weighted by atomic mass is 9.77. The molecule has 0 aliphatic carbocycles. The molecule has 96 valence electrons. The third-order valence-electron chi connectivity index (χ3n) is 3.27. The first-order valence-electron chi connectivity index (χ1n) is 5.50. The Morgan fingerprint density at radius 1 is 1.71 bits per heavy atom. The predicted molar refractivity (Wildman–Crippen MR) is 73.5 cm³/mol. The molecule has 3 N–H and O–H groups in total. The summed E-state index contributed by atoms with van der Waals surface area (Å²) in [7, 11) is 0. The minimum Gasteiger partial charge on any atom is -0.387 e. The lowest BCUT2D eigenvalue weighted by molar-refractivity contribution is -0.0768. The van der Waals surface area contributed by atoms with Gasteiger partial charge in [0.05, 0.1) is 12.7 Å². The number of hydrogen-bond acceptors (Lipinski definition) is 4. The van der Waals surface area contributed by atoms with Crippen LogP contribution in [0.4, 0.5) is 0 Å². The Morgan fingerprint density at radius 3 is 2.94 bits per heavy atom. The zero-order valence-electron chi connectivity index (χ0n) is 9.29. The topological polar surface area (TPSA) is 55.5 Å². The largest absolute Gasteiger partial charge is 0.387 e. The fourth-order valence-corrected chi connectivity index (χ4v) is 4.03. The van der Waals surface area contributed by atoms with Gasteiger partial charge in [-0.3, -0.25) is 0 Å². The number of ether oxygens (including phenoxy) is 1. The summed E-state index contributed by atoms with van der Waals surface area (Å²) in [6, 6.07) is 1.86. The molecule has 1 aliphatic heterocycles. The van der Waals surface area contributed by atoms with Crippen molar-refractivity contribution in [3.8, 4) is 0 Å². The fraction of sp³-hybridized carbons (Fsp3) is 0.636. The third kappa shape index (κ3) is 2.69. The molecule has 0 aromatic carbocycles. The van der Waals surface area contributed by atoms with Crippen molar-refractivity contribution in [2.75, 3.05) is 19.8 Å². The maximum absolute atomic E-state index is 10.5. The second kappa shape index (κ2) is 5.55. The van der Waals surface area contributed by atoms with Crippen molar-refractivity contribution in [1.82, 2.24) is 0 Å². The normalized spacial score (nSPS) is 27.1. The Hall–Kier alpha value is 0.350. The van der Waals surface area contributed by atoms with Gasteiger partial charge in [-0.15, -0.1) is 11.3 Å². The number of nitrogens with two attached hydrogens (primary N) is 1. The van der Waals surface area contributed by atoms with Crippen LogP contribution in [0.1, 0.15) is 23.8 Å². The van der Waals surface area contributed by atoms with E-state index in [-0.39, 0.29) is 5.41 Å². The third-order valence-corrected chi connectivity index (χ3v) is 5.80. The molecule has 1 aliphatic rings. The van der Waals surface area contributed by atoms with Gasteiger partial charge in [0.2, 0.25) is 0 Å². The average molecular weight is 341 g/mol. The summed E-state index contributed by atoms with van der Waals surface area (Å²) in [5.74, 6) is 0. The Bertz CT molecular complexity index is 373. The van der Waals surface area contributed by atoms with Crippen molar-refractivity contribution in [3.63, 3.8) is 0 Å². The van der Waals surface area contributed by atoms with Crippen molar-refractivity contribution in [2.45, 2.75) is 18.9 Å². The molecule has 1 fully saturated rings. The van der Waals surface area contributed by atoms with E-state index in [1.54, 1.807) is 0 Å². The molecule has 1 aromatic rings. The number of aliphatic hydroxyl groups is 1. The van der Waals surface area contributed by atoms with Gasteiger partial charge in [-0.2, -0.15) is 0 Å². The summed E-state index contributed by atoms with van der Waals surface area (Å²) < 4.78 is 6.95. The SMILES string of the molecule is NCC1(C(O)c2cc(Br)c(Cl)s2)CCCOC1. The summed E-state index contributed by atoms with van der Waals surface area (Å²) in [5, 5.41) is 10.5. The molecule has 2 atom stereocenters. The van der Waals surface area contributed by atoms with E-state index in [4.69, 9.17) is 22.1 Å². The summed E-state index contributed by atoms with van der Waals surface area (Å²) in [4.78, 5) is 0.845. The first-order valence-corrected chi connectivity index (χ1v) is 7.48. The fourth-order valence-electron chi connectivity index (χ4n) is 2.16. The minimum atomic E-state index is -0.610. The van der Waals surface area contributed by atoms with Crippen LogP contribution in [0.25, 0.3) is 0 Å². The second-order valence-corrected chi connectivity index (χ2v) is 6.94. The first kappa shape index (κ1) is 13.8. The van der Waals surface area contributed by atoms with Gasteiger partial charge in [0.25, 0.3) is 0 Å². The summed E-state index contributed by atoms with van der Waals surface area (Å²) in [5.41, 5.74) is 5.47. The van der Waals surface area contributed by atoms with E-state index < -0.39 is 6.10 Å². The van der Waals surface area contributed by atoms with Crippen molar-refractivity contribution in [3.05, 3.63) is 19.8 Å². The van der Waals surface area contributed by atoms with Crippen LogP contribution >= 0.6 is 38.9 Å². The van der Waals surface area contributed by atoms with Crippen LogP contribution in [-0.2, 0) is 4.74 Å². The van der Waals surface area contributed by atoms with Crippen LogP contribution in [-0.4, -0.2) is 24.9 Å². The van der Waals surface area contributed by atoms with E-state index in [9.17, 15) is 5.11 Å². The highest BCUT2D eigenvalue weighted by Gasteiger charge is 2.40. The second-order valence-electron chi connectivity index (χ2n) is 4.40. The summed E-state index contributed by atoms with van der Waals surface area (Å²) in [6.07, 6.45) is 1.22. The molecular weight excluding hydrogens is 326 g/mol. The Balaban J connectivity index is 2.24. The smallest absolute Gasteiger partial charge is 0.107 e. The van der Waals surface area contributed by atoms with Gasteiger partial charge in [0.1, 0.15) is 4.34 Å². The Kier molecular flexibility index (Phi) is 4.50. The van der Waals surface area contributed by atoms with Crippen LogP contribution in [0.5, 0.6) is 0 Å². The number of aliphatic hydroxyl groups excluding tert-OH is 1. The molecule has 2 heterocycles. The molecule has 0 saturated carbocycles. The molecule has 2 rings (SSSR count). The van der Waals surface area contributed by atoms with E-state index in [0.29, 0.717) is 17.5 Å². The predicted octanol–water partition coefficient (Wildman–Crippen LogP) is 2.95. The molecule has 3 nitrogen and oxygen atoms in total. The molecule has 1 aromatic heterocycles. The number of rotatable bonds is 3. The van der Waals surface area contributed by atoms with E-state index in [1.165, 1.54) is 11.3 Å². The van der Waals surface area contributed by atoms with Crippen LogP contribution in [0.15, 0.2) is 10.5 Å². The standard InChI is InChI=1S/C11H15BrClNO2S/c12-7-4-8(17-10(7)13)9(15)11(5-14)2-1-3-16-6-11/h4,9,15H,1-3,5-6,14H2. The molecule has 2 unspecified atom stereocenters. The van der Waals surface area contributed by atoms with Gasteiger partial charge in [-0.1, -0.05) is 11.6 Å². The van der Waals surface area contributed by atoms with Gasteiger partial charge in [-0.25, -0.2) is 0 Å². The van der Waals surface area contributed by atoms with Gasteiger partial charge >= 0.3 is 0 Å². The molecule has 17 heavy (non-hydrogen) atoms. The van der Waals surface area contributed by atoms with E-state index in [0.717, 1.165) is 28.8 Å². The van der Waals surface area contributed by atoms with Gasteiger partial charge < -0.3 is 15.6 Å². The highest BCUT2D eigenvalue weighted by molar-refractivity contribution is 9.10. The Labute approximate surface area is 118 Å². The van der Waals surface area contributed by atoms with E-state index >= 15 is 0 Å². The molecule has 0 bridgehead atoms. The van der Waals surface area contributed by atoms with Crippen molar-refractivity contribution >= 4 is 38.9 Å². The maximum atomic E-state index is 10.5. The zero-order valence-corrected chi connectivity index (χ0v) is 12.4. The van der Waals surface area contributed by atoms with Gasteiger partial charge in [0, 0.05) is 27.9 Å². The molecule has 0 amide bonds. The molecule has 1 saturated heterocycles. The van der Waals surface area contributed by atoms with Crippen LogP contribution in [0, 0.1) is 5.41 Å². The monoisotopic (exact) mass is 339 g/mol. The van der Waals surface area contributed by atoms with Gasteiger partial charge in [0.15, 0.2) is 0 Å². The van der Waals surface area contributed by atoms with Crippen molar-refractivity contribution in [2.24, 2.45) is 11.1 Å². The summed E-state index contributed by atoms with van der Waals surface area (Å²) >= 11 is 10.7. The van der Waals surface area contributed by atoms with E-state index in [1.807, 2.05) is 6.07 Å². The number of thiophene rings is 1. The van der Waals surface area contributed by atoms with E-state index in [2.05, 4.69) is 15.9 Å². The highest BCUT2D eigenvalue weighted by Crippen LogP contribution is 2.45. The number of hydrogen-bond donors (Lipinski definition) is 2.